The Bertz CT molecular complexity index is 1100. The van der Waals surface area contributed by atoms with Crippen LogP contribution in [-0.4, -0.2) is 23.6 Å². The van der Waals surface area contributed by atoms with Crippen LogP contribution in [0.1, 0.15) is 40.2 Å². The zero-order valence-electron chi connectivity index (χ0n) is 17.2. The Hall–Kier alpha value is -3.15. The fourth-order valence-electron chi connectivity index (χ4n) is 4.41. The van der Waals surface area contributed by atoms with Crippen LogP contribution in [0.4, 0.5) is 14.5 Å². The molecule has 0 aliphatic carbocycles. The number of amides is 1. The van der Waals surface area contributed by atoms with Crippen LogP contribution in [0.5, 0.6) is 0 Å². The lowest BCUT2D eigenvalue weighted by atomic mass is 9.99. The minimum absolute atomic E-state index is 0.320. The Morgan fingerprint density at radius 1 is 0.967 bits per heavy atom. The van der Waals surface area contributed by atoms with Crippen LogP contribution < -0.4 is 10.6 Å². The molecule has 4 nitrogen and oxygen atoms in total. The van der Waals surface area contributed by atoms with E-state index in [9.17, 15) is 13.6 Å². The predicted molar refractivity (Wildman–Crippen MR) is 115 cm³/mol. The van der Waals surface area contributed by atoms with E-state index in [0.717, 1.165) is 36.0 Å². The van der Waals surface area contributed by atoms with E-state index in [1.54, 1.807) is 6.07 Å². The van der Waals surface area contributed by atoms with E-state index in [1.807, 2.05) is 30.5 Å². The minimum atomic E-state index is -0.886. The lowest BCUT2D eigenvalue weighted by molar-refractivity contribution is 0.1000. The second kappa shape index (κ2) is 7.94. The second-order valence-corrected chi connectivity index (χ2v) is 7.86. The van der Waals surface area contributed by atoms with Gasteiger partial charge in [-0.05, 0) is 62.1 Å². The van der Waals surface area contributed by atoms with Crippen molar-refractivity contribution in [1.82, 2.24) is 4.57 Å². The Morgan fingerprint density at radius 3 is 2.23 bits per heavy atom. The van der Waals surface area contributed by atoms with Crippen molar-refractivity contribution in [1.29, 1.82) is 0 Å². The fourth-order valence-corrected chi connectivity index (χ4v) is 4.41. The van der Waals surface area contributed by atoms with Crippen molar-refractivity contribution in [3.8, 4) is 11.1 Å². The standard InChI is InChI=1S/C24H25F2N3O/c1-15-22(18-6-8-19(9-7-18)28-11-3-4-12-28)23(24(27)30)16(2)29(15)14-17-5-10-20(25)21(26)13-17/h5-10,13H,3-4,11-12,14H2,1-2H3,(H2,27,30). The maximum absolute atomic E-state index is 13.7. The molecular formula is C24H25F2N3O. The molecule has 2 aromatic carbocycles. The maximum atomic E-state index is 13.7. The number of halogens is 2. The van der Waals surface area contributed by atoms with E-state index < -0.39 is 17.5 Å². The van der Waals surface area contributed by atoms with Crippen LogP contribution in [-0.2, 0) is 6.54 Å². The van der Waals surface area contributed by atoms with Gasteiger partial charge in [-0.15, -0.1) is 0 Å². The van der Waals surface area contributed by atoms with Gasteiger partial charge in [-0.1, -0.05) is 18.2 Å². The van der Waals surface area contributed by atoms with Gasteiger partial charge in [0.25, 0.3) is 5.91 Å². The molecule has 6 heteroatoms. The number of hydrogen-bond donors (Lipinski definition) is 1. The molecule has 2 heterocycles. The number of anilines is 1. The number of carbonyl (C=O) groups is 1. The van der Waals surface area contributed by atoms with Crippen LogP contribution in [0.3, 0.4) is 0 Å². The second-order valence-electron chi connectivity index (χ2n) is 7.86. The summed E-state index contributed by atoms with van der Waals surface area (Å²) in [6.07, 6.45) is 2.41. The molecule has 156 valence electrons. The number of nitrogens with zero attached hydrogens (tertiary/aromatic N) is 2. The summed E-state index contributed by atoms with van der Waals surface area (Å²) in [5.74, 6) is -2.27. The number of rotatable bonds is 5. The molecule has 1 aliphatic heterocycles. The SMILES string of the molecule is Cc1c(C(N)=O)c(-c2ccc(N3CCCC3)cc2)c(C)n1Cc1ccc(F)c(F)c1. The molecule has 1 fully saturated rings. The van der Waals surface area contributed by atoms with E-state index in [2.05, 4.69) is 17.0 Å². The molecule has 0 spiro atoms. The van der Waals surface area contributed by atoms with Crippen molar-refractivity contribution in [2.24, 2.45) is 5.73 Å². The molecule has 0 saturated carbocycles. The Kier molecular flexibility index (Phi) is 5.33. The van der Waals surface area contributed by atoms with Gasteiger partial charge >= 0.3 is 0 Å². The lowest BCUT2D eigenvalue weighted by Crippen LogP contribution is -2.17. The Morgan fingerprint density at radius 2 is 1.63 bits per heavy atom. The topological polar surface area (TPSA) is 51.3 Å². The van der Waals surface area contributed by atoms with Crippen LogP contribution in [0.2, 0.25) is 0 Å². The molecule has 1 amide bonds. The molecular weight excluding hydrogens is 384 g/mol. The van der Waals surface area contributed by atoms with Crippen molar-refractivity contribution >= 4 is 11.6 Å². The van der Waals surface area contributed by atoms with Gasteiger partial charge in [0.15, 0.2) is 11.6 Å². The van der Waals surface area contributed by atoms with Gasteiger partial charge in [0.1, 0.15) is 0 Å². The van der Waals surface area contributed by atoms with E-state index in [1.165, 1.54) is 24.6 Å². The highest BCUT2D eigenvalue weighted by Crippen LogP contribution is 2.34. The molecule has 4 rings (SSSR count). The molecule has 1 aromatic heterocycles. The van der Waals surface area contributed by atoms with Gasteiger partial charge in [0, 0.05) is 42.3 Å². The number of nitrogens with two attached hydrogens (primary N) is 1. The highest BCUT2D eigenvalue weighted by molar-refractivity contribution is 6.02. The van der Waals surface area contributed by atoms with Gasteiger partial charge in [-0.25, -0.2) is 8.78 Å². The highest BCUT2D eigenvalue weighted by Gasteiger charge is 2.23. The van der Waals surface area contributed by atoms with Crippen molar-refractivity contribution in [2.45, 2.75) is 33.2 Å². The molecule has 1 saturated heterocycles. The quantitative estimate of drug-likeness (QED) is 0.658. The van der Waals surface area contributed by atoms with E-state index in [-0.39, 0.29) is 0 Å². The number of carbonyl (C=O) groups excluding carboxylic acids is 1. The largest absolute Gasteiger partial charge is 0.372 e. The van der Waals surface area contributed by atoms with Crippen molar-refractivity contribution in [3.05, 3.63) is 76.6 Å². The van der Waals surface area contributed by atoms with Crippen molar-refractivity contribution in [3.63, 3.8) is 0 Å². The third-order valence-corrected chi connectivity index (χ3v) is 5.98. The highest BCUT2D eigenvalue weighted by atomic mass is 19.2. The molecule has 0 unspecified atom stereocenters. The molecule has 30 heavy (non-hydrogen) atoms. The first-order valence-corrected chi connectivity index (χ1v) is 10.2. The maximum Gasteiger partial charge on any atom is 0.251 e. The summed E-state index contributed by atoms with van der Waals surface area (Å²) < 4.78 is 28.9. The van der Waals surface area contributed by atoms with Gasteiger partial charge in [0.05, 0.1) is 5.56 Å². The number of hydrogen-bond acceptors (Lipinski definition) is 2. The molecule has 3 aromatic rings. The summed E-state index contributed by atoms with van der Waals surface area (Å²) in [7, 11) is 0. The normalized spacial score (nSPS) is 13.8. The third-order valence-electron chi connectivity index (χ3n) is 5.98. The van der Waals surface area contributed by atoms with Gasteiger partial charge in [-0.2, -0.15) is 0 Å². The Labute approximate surface area is 174 Å². The minimum Gasteiger partial charge on any atom is -0.372 e. The summed E-state index contributed by atoms with van der Waals surface area (Å²) in [6.45, 7) is 6.20. The first-order valence-electron chi connectivity index (χ1n) is 10.2. The van der Waals surface area contributed by atoms with Crippen molar-refractivity contribution < 1.29 is 13.6 Å². The van der Waals surface area contributed by atoms with Crippen molar-refractivity contribution in [2.75, 3.05) is 18.0 Å². The first kappa shape index (κ1) is 20.1. The van der Waals surface area contributed by atoms with Gasteiger partial charge in [-0.3, -0.25) is 4.79 Å². The summed E-state index contributed by atoms with van der Waals surface area (Å²) in [6, 6.07) is 12.0. The number of primary amides is 1. The Balaban J connectivity index is 1.75. The van der Waals surface area contributed by atoms with E-state index in [4.69, 9.17) is 5.73 Å². The monoisotopic (exact) mass is 409 g/mol. The molecule has 0 atom stereocenters. The van der Waals surface area contributed by atoms with Crippen LogP contribution in [0, 0.1) is 25.5 Å². The van der Waals surface area contributed by atoms with Gasteiger partial charge in [0.2, 0.25) is 0 Å². The van der Waals surface area contributed by atoms with E-state index in [0.29, 0.717) is 23.4 Å². The molecule has 1 aliphatic rings. The van der Waals surface area contributed by atoms with Crippen LogP contribution in [0.15, 0.2) is 42.5 Å². The zero-order valence-corrected chi connectivity index (χ0v) is 17.2. The van der Waals surface area contributed by atoms with Crippen LogP contribution in [0.25, 0.3) is 11.1 Å². The molecule has 0 radical (unpaired) electrons. The predicted octanol–water partition coefficient (Wildman–Crippen LogP) is 4.80. The van der Waals surface area contributed by atoms with Gasteiger partial charge < -0.3 is 15.2 Å². The fraction of sp³-hybridized carbons (Fsp3) is 0.292. The first-order chi connectivity index (χ1) is 14.4. The summed E-state index contributed by atoms with van der Waals surface area (Å²) >= 11 is 0. The average Bonchev–Trinajstić information content (AvgIpc) is 3.34. The molecule has 2 N–H and O–H groups in total. The zero-order chi connectivity index (χ0) is 21.4. The molecule has 0 bridgehead atoms. The third kappa shape index (κ3) is 3.58. The smallest absolute Gasteiger partial charge is 0.251 e. The average molecular weight is 409 g/mol. The number of benzene rings is 2. The summed E-state index contributed by atoms with van der Waals surface area (Å²) in [4.78, 5) is 14.7. The summed E-state index contributed by atoms with van der Waals surface area (Å²) in [5.41, 5.74) is 11.3. The lowest BCUT2D eigenvalue weighted by Gasteiger charge is -2.18. The number of aromatic nitrogens is 1. The van der Waals surface area contributed by atoms with E-state index >= 15 is 0 Å². The van der Waals surface area contributed by atoms with Crippen LogP contribution >= 0.6 is 0 Å². The summed E-state index contributed by atoms with van der Waals surface area (Å²) in [5, 5.41) is 0.